The second-order valence-corrected chi connectivity index (χ2v) is 4.79. The molecule has 0 aromatic heterocycles. The molecule has 24 heavy (non-hydrogen) atoms. The van der Waals surface area contributed by atoms with Crippen LogP contribution in [-0.2, 0) is 24.0 Å². The number of nitrogens with one attached hydrogen (secondary N) is 3. The van der Waals surface area contributed by atoms with Crippen LogP contribution in [0.4, 0.5) is 0 Å². The van der Waals surface area contributed by atoms with Gasteiger partial charge in [-0.15, -0.1) is 0 Å². The first-order chi connectivity index (χ1) is 11.1. The second kappa shape index (κ2) is 10.1. The van der Waals surface area contributed by atoms with Gasteiger partial charge in [-0.05, 0) is 6.92 Å². The van der Waals surface area contributed by atoms with E-state index in [1.807, 2.05) is 5.32 Å². The summed E-state index contributed by atoms with van der Waals surface area (Å²) in [5.41, 5.74) is 5.33. The first kappa shape index (κ1) is 21.3. The topological polar surface area (TPSA) is 208 Å². The lowest BCUT2D eigenvalue weighted by Crippen LogP contribution is -2.56. The van der Waals surface area contributed by atoms with Gasteiger partial charge in [-0.1, -0.05) is 0 Å². The minimum absolute atomic E-state index is 0.628. The first-order valence-corrected chi connectivity index (χ1v) is 6.77. The Morgan fingerprint density at radius 3 is 2.00 bits per heavy atom. The number of carbonyl (C=O) groups excluding carboxylic acids is 3. The number of rotatable bonds is 10. The molecule has 0 rings (SSSR count). The molecule has 0 aromatic carbocycles. The fourth-order valence-electron chi connectivity index (χ4n) is 1.44. The minimum atomic E-state index is -1.41. The van der Waals surface area contributed by atoms with E-state index >= 15 is 0 Å². The van der Waals surface area contributed by atoms with Crippen LogP contribution in [0.3, 0.4) is 0 Å². The highest BCUT2D eigenvalue weighted by Crippen LogP contribution is 1.93. The van der Waals surface area contributed by atoms with Crippen molar-refractivity contribution in [3.63, 3.8) is 0 Å². The van der Waals surface area contributed by atoms with E-state index in [1.165, 1.54) is 6.92 Å². The summed E-state index contributed by atoms with van der Waals surface area (Å²) < 4.78 is 0. The molecule has 3 unspecified atom stereocenters. The maximum absolute atomic E-state index is 11.8. The van der Waals surface area contributed by atoms with Crippen LogP contribution in [0.5, 0.6) is 0 Å². The lowest BCUT2D eigenvalue weighted by atomic mass is 10.2. The van der Waals surface area contributed by atoms with E-state index in [0.29, 0.717) is 0 Å². The number of aliphatic hydroxyl groups excluding tert-OH is 1. The van der Waals surface area contributed by atoms with Crippen LogP contribution in [0.2, 0.25) is 0 Å². The Hall–Kier alpha value is -2.73. The van der Waals surface area contributed by atoms with Crippen LogP contribution in [0.15, 0.2) is 0 Å². The van der Waals surface area contributed by atoms with Gasteiger partial charge in [0.1, 0.15) is 18.6 Å². The minimum Gasteiger partial charge on any atom is -0.481 e. The van der Waals surface area contributed by atoms with Crippen LogP contribution in [0.1, 0.15) is 13.3 Å². The largest absolute Gasteiger partial charge is 0.481 e. The number of hydrogen-bond donors (Lipinski definition) is 7. The van der Waals surface area contributed by atoms with E-state index < -0.39 is 67.4 Å². The number of amides is 3. The molecule has 0 aliphatic carbocycles. The van der Waals surface area contributed by atoms with Gasteiger partial charge in [0, 0.05) is 0 Å². The summed E-state index contributed by atoms with van der Waals surface area (Å²) in [6.45, 7) is -0.234. The van der Waals surface area contributed by atoms with Crippen molar-refractivity contribution in [3.8, 4) is 0 Å². The lowest BCUT2D eigenvalue weighted by molar-refractivity contribution is -0.139. The standard InChI is InChI=1S/C12H20N4O8/c1-5(15-11(23)6(13)2-8(18)19)10(22)16-7(4-17)12(24)14-3-9(20)21/h5-7,17H,2-4,13H2,1H3,(H,14,24)(H,15,23)(H,16,22)(H,18,19)(H,20,21). The number of carbonyl (C=O) groups is 5. The van der Waals surface area contributed by atoms with Crippen molar-refractivity contribution in [1.82, 2.24) is 16.0 Å². The summed E-state index contributed by atoms with van der Waals surface area (Å²) in [7, 11) is 0. The van der Waals surface area contributed by atoms with E-state index in [2.05, 4.69) is 10.6 Å². The fraction of sp³-hybridized carbons (Fsp3) is 0.583. The first-order valence-electron chi connectivity index (χ1n) is 6.77. The summed E-state index contributed by atoms with van der Waals surface area (Å²) >= 11 is 0. The quantitative estimate of drug-likeness (QED) is 0.205. The van der Waals surface area contributed by atoms with Crippen molar-refractivity contribution in [2.24, 2.45) is 5.73 Å². The molecular weight excluding hydrogens is 328 g/mol. The molecule has 3 atom stereocenters. The van der Waals surface area contributed by atoms with E-state index in [0.717, 1.165) is 0 Å². The van der Waals surface area contributed by atoms with Gasteiger partial charge >= 0.3 is 11.9 Å². The summed E-state index contributed by atoms with van der Waals surface area (Å²) in [6.07, 6.45) is -0.628. The maximum atomic E-state index is 11.8. The summed E-state index contributed by atoms with van der Waals surface area (Å²) in [6, 6.07) is -3.94. The van der Waals surface area contributed by atoms with Gasteiger partial charge in [-0.25, -0.2) is 0 Å². The summed E-state index contributed by atoms with van der Waals surface area (Å²) in [5.74, 6) is -5.25. The van der Waals surface area contributed by atoms with Crippen molar-refractivity contribution in [2.75, 3.05) is 13.2 Å². The predicted molar refractivity (Wildman–Crippen MR) is 77.5 cm³/mol. The molecule has 0 aliphatic heterocycles. The molecule has 3 amide bonds. The number of aliphatic hydroxyl groups is 1. The van der Waals surface area contributed by atoms with Crippen molar-refractivity contribution < 1.29 is 39.3 Å². The SMILES string of the molecule is CC(NC(=O)C(N)CC(=O)O)C(=O)NC(CO)C(=O)NCC(=O)O. The third-order valence-electron chi connectivity index (χ3n) is 2.71. The van der Waals surface area contributed by atoms with Crippen LogP contribution in [-0.4, -0.2) is 76.3 Å². The smallest absolute Gasteiger partial charge is 0.322 e. The molecule has 12 nitrogen and oxygen atoms in total. The zero-order chi connectivity index (χ0) is 18.9. The zero-order valence-electron chi connectivity index (χ0n) is 12.8. The van der Waals surface area contributed by atoms with Crippen molar-refractivity contribution in [2.45, 2.75) is 31.5 Å². The Kier molecular flexibility index (Phi) is 8.97. The molecular formula is C12H20N4O8. The highest BCUT2D eigenvalue weighted by atomic mass is 16.4. The average molecular weight is 348 g/mol. The van der Waals surface area contributed by atoms with E-state index in [4.69, 9.17) is 21.1 Å². The normalized spacial score (nSPS) is 14.0. The van der Waals surface area contributed by atoms with Crippen LogP contribution < -0.4 is 21.7 Å². The Morgan fingerprint density at radius 1 is 0.958 bits per heavy atom. The highest BCUT2D eigenvalue weighted by Gasteiger charge is 2.25. The van der Waals surface area contributed by atoms with Crippen LogP contribution in [0.25, 0.3) is 0 Å². The van der Waals surface area contributed by atoms with Gasteiger partial charge in [-0.2, -0.15) is 0 Å². The third-order valence-corrected chi connectivity index (χ3v) is 2.71. The molecule has 0 aromatic rings. The molecule has 8 N–H and O–H groups in total. The summed E-state index contributed by atoms with van der Waals surface area (Å²) in [4.78, 5) is 55.8. The number of carboxylic acid groups (broad SMARTS) is 2. The van der Waals surface area contributed by atoms with Gasteiger partial charge in [0.15, 0.2) is 0 Å². The predicted octanol–water partition coefficient (Wildman–Crippen LogP) is -4.03. The van der Waals surface area contributed by atoms with Gasteiger partial charge < -0.3 is 37.0 Å². The molecule has 0 saturated carbocycles. The van der Waals surface area contributed by atoms with E-state index in [1.54, 1.807) is 0 Å². The van der Waals surface area contributed by atoms with Crippen LogP contribution >= 0.6 is 0 Å². The molecule has 0 heterocycles. The Balaban J connectivity index is 4.55. The molecule has 0 fully saturated rings. The highest BCUT2D eigenvalue weighted by molar-refractivity contribution is 5.94. The number of nitrogens with two attached hydrogens (primary N) is 1. The second-order valence-electron chi connectivity index (χ2n) is 4.79. The Bertz CT molecular complexity index is 509. The van der Waals surface area contributed by atoms with E-state index in [9.17, 15) is 24.0 Å². The monoisotopic (exact) mass is 348 g/mol. The number of carboxylic acids is 2. The molecule has 0 spiro atoms. The fourth-order valence-corrected chi connectivity index (χ4v) is 1.44. The number of hydrogen-bond acceptors (Lipinski definition) is 7. The molecule has 0 bridgehead atoms. The van der Waals surface area contributed by atoms with Gasteiger partial charge in [0.2, 0.25) is 17.7 Å². The lowest BCUT2D eigenvalue weighted by Gasteiger charge is -2.20. The molecule has 0 aliphatic rings. The van der Waals surface area contributed by atoms with Gasteiger partial charge in [0.25, 0.3) is 0 Å². The van der Waals surface area contributed by atoms with Crippen molar-refractivity contribution >= 4 is 29.7 Å². The molecule has 12 heteroatoms. The van der Waals surface area contributed by atoms with E-state index in [-0.39, 0.29) is 0 Å². The average Bonchev–Trinajstić information content (AvgIpc) is 2.48. The van der Waals surface area contributed by atoms with Crippen molar-refractivity contribution in [3.05, 3.63) is 0 Å². The summed E-state index contributed by atoms with van der Waals surface area (Å²) in [5, 5.41) is 32.3. The van der Waals surface area contributed by atoms with Gasteiger partial charge in [-0.3, -0.25) is 24.0 Å². The molecule has 136 valence electrons. The molecule has 0 saturated heterocycles. The Labute approximate surface area is 136 Å². The number of aliphatic carboxylic acids is 2. The molecule has 0 radical (unpaired) electrons. The Morgan fingerprint density at radius 2 is 1.54 bits per heavy atom. The van der Waals surface area contributed by atoms with Crippen molar-refractivity contribution in [1.29, 1.82) is 0 Å². The maximum Gasteiger partial charge on any atom is 0.322 e. The van der Waals surface area contributed by atoms with Crippen LogP contribution in [0, 0.1) is 0 Å². The third kappa shape index (κ3) is 8.05. The van der Waals surface area contributed by atoms with Gasteiger partial charge in [0.05, 0.1) is 19.1 Å². The zero-order valence-corrected chi connectivity index (χ0v) is 12.8.